The van der Waals surface area contributed by atoms with E-state index < -0.39 is 5.41 Å². The summed E-state index contributed by atoms with van der Waals surface area (Å²) in [7, 11) is 3.19. The van der Waals surface area contributed by atoms with Crippen LogP contribution in [-0.4, -0.2) is 26.3 Å². The van der Waals surface area contributed by atoms with Gasteiger partial charge in [0.15, 0.2) is 0 Å². The molecule has 2 aliphatic carbocycles. The highest BCUT2D eigenvalue weighted by Crippen LogP contribution is 2.66. The van der Waals surface area contributed by atoms with Gasteiger partial charge in [0.1, 0.15) is 11.9 Å². The summed E-state index contributed by atoms with van der Waals surface area (Å²) < 4.78 is 16.7. The Morgan fingerprint density at radius 1 is 1.26 bits per heavy atom. The van der Waals surface area contributed by atoms with Gasteiger partial charge in [-0.2, -0.15) is 0 Å². The first-order valence-electron chi connectivity index (χ1n) is 8.38. The number of fused-ring (bicyclic) bond motifs is 6. The van der Waals surface area contributed by atoms with Gasteiger partial charge in [0, 0.05) is 5.92 Å². The smallest absolute Gasteiger partial charge is 0.311 e. The van der Waals surface area contributed by atoms with Gasteiger partial charge in [-0.05, 0) is 48.4 Å². The number of carbonyl (C=O) groups is 1. The lowest BCUT2D eigenvalue weighted by Gasteiger charge is -2.52. The monoisotopic (exact) mass is 316 g/mol. The molecule has 0 amide bonds. The maximum atomic E-state index is 12.6. The molecule has 23 heavy (non-hydrogen) atoms. The summed E-state index contributed by atoms with van der Waals surface area (Å²) in [4.78, 5) is 12.6. The second kappa shape index (κ2) is 4.73. The van der Waals surface area contributed by atoms with E-state index in [-0.39, 0.29) is 29.5 Å². The number of ether oxygens (including phenoxy) is 3. The number of methoxy groups -OCH3 is 2. The van der Waals surface area contributed by atoms with Crippen LogP contribution in [0.3, 0.4) is 0 Å². The Morgan fingerprint density at radius 2 is 2.04 bits per heavy atom. The van der Waals surface area contributed by atoms with Gasteiger partial charge < -0.3 is 14.2 Å². The average Bonchev–Trinajstić information content (AvgIpc) is 3.33. The Morgan fingerprint density at radius 3 is 2.74 bits per heavy atom. The fourth-order valence-electron chi connectivity index (χ4n) is 5.36. The van der Waals surface area contributed by atoms with Crippen LogP contribution in [0.2, 0.25) is 0 Å². The third-order valence-corrected chi connectivity index (χ3v) is 6.45. The molecule has 4 rings (SSSR count). The number of epoxide rings is 1. The molecular formula is C19H24O4. The molecule has 5 atom stereocenters. The van der Waals surface area contributed by atoms with E-state index in [1.807, 2.05) is 6.07 Å². The SMILES string of the molecule is COC(=O)C1(C)CCCC2(C)c3cc(OC)ccc3C3OC3C12. The summed E-state index contributed by atoms with van der Waals surface area (Å²) in [5.41, 5.74) is 1.99. The lowest BCUT2D eigenvalue weighted by Crippen LogP contribution is -2.54. The van der Waals surface area contributed by atoms with Crippen LogP contribution < -0.4 is 4.74 Å². The molecule has 0 bridgehead atoms. The number of hydrogen-bond acceptors (Lipinski definition) is 4. The van der Waals surface area contributed by atoms with E-state index in [0.717, 1.165) is 25.0 Å². The first kappa shape index (κ1) is 15.0. The quantitative estimate of drug-likeness (QED) is 0.620. The summed E-state index contributed by atoms with van der Waals surface area (Å²) in [5, 5.41) is 0. The van der Waals surface area contributed by atoms with E-state index in [1.165, 1.54) is 18.2 Å². The molecule has 3 aliphatic rings. The molecule has 0 N–H and O–H groups in total. The predicted octanol–water partition coefficient (Wildman–Crippen LogP) is 3.39. The van der Waals surface area contributed by atoms with Gasteiger partial charge in [-0.1, -0.05) is 19.4 Å². The molecule has 1 aromatic rings. The number of hydrogen-bond donors (Lipinski definition) is 0. The molecule has 0 radical (unpaired) electrons. The van der Waals surface area contributed by atoms with Crippen molar-refractivity contribution in [3.05, 3.63) is 29.3 Å². The van der Waals surface area contributed by atoms with Gasteiger partial charge in [0.05, 0.1) is 25.7 Å². The second-order valence-corrected chi connectivity index (χ2v) is 7.63. The van der Waals surface area contributed by atoms with Crippen molar-refractivity contribution in [2.75, 3.05) is 14.2 Å². The second-order valence-electron chi connectivity index (χ2n) is 7.63. The van der Waals surface area contributed by atoms with Crippen LogP contribution in [0.5, 0.6) is 5.75 Å². The zero-order chi connectivity index (χ0) is 16.4. The van der Waals surface area contributed by atoms with E-state index >= 15 is 0 Å². The van der Waals surface area contributed by atoms with Crippen LogP contribution in [0.1, 0.15) is 50.3 Å². The van der Waals surface area contributed by atoms with Crippen molar-refractivity contribution in [3.63, 3.8) is 0 Å². The zero-order valence-corrected chi connectivity index (χ0v) is 14.2. The van der Waals surface area contributed by atoms with Crippen LogP contribution in [0.25, 0.3) is 0 Å². The van der Waals surface area contributed by atoms with E-state index in [9.17, 15) is 4.79 Å². The topological polar surface area (TPSA) is 48.1 Å². The highest BCUT2D eigenvalue weighted by Gasteiger charge is 2.67. The van der Waals surface area contributed by atoms with Crippen molar-refractivity contribution in [2.24, 2.45) is 11.3 Å². The van der Waals surface area contributed by atoms with Gasteiger partial charge in [0.25, 0.3) is 0 Å². The number of rotatable bonds is 2. The van der Waals surface area contributed by atoms with E-state index in [4.69, 9.17) is 14.2 Å². The molecule has 1 saturated carbocycles. The van der Waals surface area contributed by atoms with Gasteiger partial charge >= 0.3 is 5.97 Å². The van der Waals surface area contributed by atoms with Crippen LogP contribution in [0.4, 0.5) is 0 Å². The van der Waals surface area contributed by atoms with Crippen molar-refractivity contribution in [3.8, 4) is 5.75 Å². The molecule has 2 fully saturated rings. The van der Waals surface area contributed by atoms with Gasteiger partial charge in [-0.3, -0.25) is 4.79 Å². The molecule has 0 spiro atoms. The van der Waals surface area contributed by atoms with E-state index in [1.54, 1.807) is 7.11 Å². The third kappa shape index (κ3) is 1.84. The fraction of sp³-hybridized carbons (Fsp3) is 0.632. The Labute approximate surface area is 137 Å². The molecular weight excluding hydrogens is 292 g/mol. The van der Waals surface area contributed by atoms with Crippen molar-refractivity contribution < 1.29 is 19.0 Å². The standard InChI is InChI=1S/C19H24O4/c1-18-8-5-9-19(2,17(20)22-4)16(18)15-14(23-15)12-7-6-11(21-3)10-13(12)18/h6-7,10,14-16H,5,8-9H2,1-4H3. The summed E-state index contributed by atoms with van der Waals surface area (Å²) >= 11 is 0. The predicted molar refractivity (Wildman–Crippen MR) is 85.4 cm³/mol. The molecule has 0 aromatic heterocycles. The number of benzene rings is 1. The largest absolute Gasteiger partial charge is 0.497 e. The minimum Gasteiger partial charge on any atom is -0.497 e. The third-order valence-electron chi connectivity index (χ3n) is 6.45. The molecule has 1 saturated heterocycles. The van der Waals surface area contributed by atoms with Gasteiger partial charge in [0.2, 0.25) is 0 Å². The summed E-state index contributed by atoms with van der Waals surface area (Å²) in [5.74, 6) is 0.919. The Bertz CT molecular complexity index is 669. The lowest BCUT2D eigenvalue weighted by atomic mass is 9.49. The first-order chi connectivity index (χ1) is 11.0. The normalized spacial score (nSPS) is 40.4. The van der Waals surface area contributed by atoms with Gasteiger partial charge in [-0.25, -0.2) is 0 Å². The van der Waals surface area contributed by atoms with Crippen molar-refractivity contribution in [2.45, 2.75) is 50.7 Å². The molecule has 4 nitrogen and oxygen atoms in total. The highest BCUT2D eigenvalue weighted by atomic mass is 16.6. The van der Waals surface area contributed by atoms with Crippen molar-refractivity contribution in [1.29, 1.82) is 0 Å². The zero-order valence-electron chi connectivity index (χ0n) is 14.2. The van der Waals surface area contributed by atoms with Gasteiger partial charge in [-0.15, -0.1) is 0 Å². The molecule has 1 aliphatic heterocycles. The fourth-order valence-corrected chi connectivity index (χ4v) is 5.36. The number of carbonyl (C=O) groups excluding carboxylic acids is 1. The Hall–Kier alpha value is -1.55. The number of esters is 1. The minimum absolute atomic E-state index is 0.0806. The average molecular weight is 316 g/mol. The molecule has 1 aromatic carbocycles. The molecule has 124 valence electrons. The maximum absolute atomic E-state index is 12.6. The maximum Gasteiger partial charge on any atom is 0.311 e. The summed E-state index contributed by atoms with van der Waals surface area (Å²) in [6.45, 7) is 4.35. The highest BCUT2D eigenvalue weighted by molar-refractivity contribution is 5.78. The van der Waals surface area contributed by atoms with Crippen LogP contribution in [-0.2, 0) is 19.7 Å². The molecule has 5 unspecified atom stereocenters. The summed E-state index contributed by atoms with van der Waals surface area (Å²) in [6, 6.07) is 6.28. The van der Waals surface area contributed by atoms with Crippen molar-refractivity contribution in [1.82, 2.24) is 0 Å². The van der Waals surface area contributed by atoms with Crippen molar-refractivity contribution >= 4 is 5.97 Å². The molecule has 1 heterocycles. The van der Waals surface area contributed by atoms with Crippen LogP contribution >= 0.6 is 0 Å². The van der Waals surface area contributed by atoms with E-state index in [0.29, 0.717) is 0 Å². The summed E-state index contributed by atoms with van der Waals surface area (Å²) in [6.07, 6.45) is 3.21. The Balaban J connectivity index is 1.87. The van der Waals surface area contributed by atoms with E-state index in [2.05, 4.69) is 26.0 Å². The first-order valence-corrected chi connectivity index (χ1v) is 8.38. The van der Waals surface area contributed by atoms with Crippen LogP contribution in [0, 0.1) is 11.3 Å². The minimum atomic E-state index is -0.484. The molecule has 4 heteroatoms. The Kier molecular flexibility index (Phi) is 3.08. The lowest BCUT2D eigenvalue weighted by molar-refractivity contribution is -0.161. The van der Waals surface area contributed by atoms with Crippen LogP contribution in [0.15, 0.2) is 18.2 Å².